The van der Waals surface area contributed by atoms with Crippen molar-refractivity contribution in [3.8, 4) is 0 Å². The Hall–Kier alpha value is -0.960. The van der Waals surface area contributed by atoms with Gasteiger partial charge in [-0.25, -0.2) is 27.4 Å². The predicted octanol–water partition coefficient (Wildman–Crippen LogP) is 19.6. The molecule has 0 aliphatic carbocycles. The molecule has 0 spiro atoms. The number of thioether (sulfide) groups is 3. The molecule has 0 saturated carbocycles. The number of unbranched alkanes of at least 4 members (excludes halogenated alkanes) is 12. The molecular weight excluding hydrogens is 2020 g/mol. The number of phosphoric acid groups is 6. The number of hydrogen-bond donors (Lipinski definition) is 6. The van der Waals surface area contributed by atoms with E-state index in [1.807, 2.05) is 0 Å². The van der Waals surface area contributed by atoms with Crippen LogP contribution < -0.4 is 0 Å². The molecule has 0 heterocycles. The molecule has 0 aliphatic rings. The smallest absolute Gasteiger partial charge is 0.379 e. The number of hydrogen-bond acceptors (Lipinski definition) is 37. The largest absolute Gasteiger partial charge is 0.472 e. The summed E-state index contributed by atoms with van der Waals surface area (Å²) in [5.74, 6) is 4.10. The molecule has 0 amide bonds. The van der Waals surface area contributed by atoms with E-state index in [4.69, 9.17) is 96.9 Å². The lowest BCUT2D eigenvalue weighted by atomic mass is 10.1. The van der Waals surface area contributed by atoms with E-state index in [0.717, 1.165) is 77.0 Å². The molecule has 0 aromatic rings. The zero-order valence-corrected chi connectivity index (χ0v) is 95.2. The van der Waals surface area contributed by atoms with Gasteiger partial charge in [-0.15, -0.1) is 0 Å². The number of carbonyl (C=O) groups is 7. The lowest BCUT2D eigenvalue weighted by Gasteiger charge is -2.22. The highest BCUT2D eigenvalue weighted by molar-refractivity contribution is 8.00. The molecule has 6 unspecified atom stereocenters. The number of ether oxygens (including phenoxy) is 9. The van der Waals surface area contributed by atoms with Crippen molar-refractivity contribution >= 4 is 123 Å². The summed E-state index contributed by atoms with van der Waals surface area (Å²) in [6, 6.07) is 0. The summed E-state index contributed by atoms with van der Waals surface area (Å²) in [4.78, 5) is 142. The average Bonchev–Trinajstić information content (AvgIpc) is 0.909. The van der Waals surface area contributed by atoms with Gasteiger partial charge in [-0.2, -0.15) is 35.3 Å². The summed E-state index contributed by atoms with van der Waals surface area (Å²) in [6.45, 7) is 36.4. The molecule has 0 fully saturated rings. The quantitative estimate of drug-likeness (QED) is 0.0243. The number of rotatable bonds is 94. The summed E-state index contributed by atoms with van der Waals surface area (Å²) in [5, 5.41) is 0. The summed E-state index contributed by atoms with van der Waals surface area (Å²) in [5.41, 5.74) is -4.63. The first kappa shape index (κ1) is 143. The van der Waals surface area contributed by atoms with Gasteiger partial charge in [0.1, 0.15) is 40.5 Å². The third-order valence-electron chi connectivity index (χ3n) is 17.1. The third-order valence-corrected chi connectivity index (χ3v) is 27.9. The lowest BCUT2D eigenvalue weighted by molar-refractivity contribution is -0.121. The van der Waals surface area contributed by atoms with Crippen LogP contribution in [0.15, 0.2) is 0 Å². The van der Waals surface area contributed by atoms with Gasteiger partial charge in [0, 0.05) is 108 Å². The number of carbonyl (C=O) groups excluding carboxylic acids is 7. The minimum Gasteiger partial charge on any atom is -0.379 e. The standard InChI is InChI=1S/C33H64O14P2S.2C29H58O13P2S/c1-32(2,3)46-48(37,38)44-20-11-9-7-8-10-14-30(35)18-27-50-28-31(36)16-12-15-29(34)17-13-19-41-21-22-42-23-24-43-25-26-45-49(39,40)47-33(4,5)6;1-28(2,3)41-43(32,33)39-17-11-9-7-8-10-13-27(31)25-45-24-15-26(30)14-12-16-36-18-19-37-20-21-38-22-23-40-44(34,35)42-29(4,5)6;1-28(2,3)41-43(32,33)39-17-11-9-7-8-10-13-26(30)15-24-45-25-27(31)14-12-16-36-18-19-37-20-21-38-22-23-40-44(34,35)42-29(4,5)6/h7-28H2,1-6H3,(H,37,38)(H,39,40);2*7-25H2,1-6H3,(H,32,33)(H,34,35). The van der Waals surface area contributed by atoms with Crippen LogP contribution in [-0.4, -0.2) is 297 Å². The molecule has 0 radical (unpaired) electrons. The Labute approximate surface area is 849 Å². The van der Waals surface area contributed by atoms with E-state index in [1.54, 1.807) is 125 Å². The lowest BCUT2D eigenvalue weighted by Crippen LogP contribution is -2.19. The van der Waals surface area contributed by atoms with Crippen molar-refractivity contribution < 1.29 is 187 Å². The second-order valence-electron chi connectivity index (χ2n) is 38.4. The molecule has 6 atom stereocenters. The molecule has 0 rings (SSSR count). The first-order chi connectivity index (χ1) is 65.1. The van der Waals surface area contributed by atoms with Crippen LogP contribution in [-0.2, 0) is 158 Å². The summed E-state index contributed by atoms with van der Waals surface area (Å²) in [7, 11) is -24.4. The highest BCUT2D eigenvalue weighted by atomic mass is 32.2. The van der Waals surface area contributed by atoms with E-state index in [2.05, 4.69) is 0 Å². The highest BCUT2D eigenvalue weighted by Gasteiger charge is 2.34. The fourth-order valence-electron chi connectivity index (χ4n) is 11.3. The minimum absolute atomic E-state index is 0.0718. The van der Waals surface area contributed by atoms with Gasteiger partial charge in [0.05, 0.1) is 190 Å². The molecular formula is C91H180O40P6S3. The van der Waals surface area contributed by atoms with E-state index in [9.17, 15) is 90.3 Å². The molecule has 0 bridgehead atoms. The first-order valence-electron chi connectivity index (χ1n) is 48.7. The SMILES string of the molecule is CC(C)(C)OP(=O)(O)OCCCCCCCC(=O)CCSCC(=O)CCCC(=O)CCCOCCOCCOCCOP(=O)(O)OC(C)(C)C.CC(C)(C)OP(=O)(O)OCCCCCCCC(=O)CCSCC(=O)CCCOCCOCCOCCOP(=O)(O)OC(C)(C)C.CC(C)(C)OP(=O)(O)OCCCCCCCC(=O)CSCCC(=O)CCCOCCOCCOCCOP(=O)(O)OC(C)(C)C. The second-order valence-corrected chi connectivity index (χ2v) is 50.0. The van der Waals surface area contributed by atoms with E-state index >= 15 is 0 Å². The Balaban J connectivity index is -0.00000201. The third kappa shape index (κ3) is 114. The van der Waals surface area contributed by atoms with Crippen molar-refractivity contribution in [3.05, 3.63) is 0 Å². The van der Waals surface area contributed by atoms with Crippen LogP contribution >= 0.6 is 82.2 Å². The number of phosphoric ester groups is 6. The Kier molecular flexibility index (Phi) is 85.5. The summed E-state index contributed by atoms with van der Waals surface area (Å²) >= 11 is 4.43. The van der Waals surface area contributed by atoms with E-state index in [-0.39, 0.29) is 99.9 Å². The van der Waals surface area contributed by atoms with Crippen LogP contribution in [0.25, 0.3) is 0 Å². The van der Waals surface area contributed by atoms with Gasteiger partial charge in [0.2, 0.25) is 0 Å². The van der Waals surface area contributed by atoms with E-state index < -0.39 is 80.5 Å². The fraction of sp³-hybridized carbons (Fsp3) is 0.923. The topological polar surface area (TPSA) is 537 Å². The maximum absolute atomic E-state index is 12.1. The molecule has 140 heavy (non-hydrogen) atoms. The molecule has 6 N–H and O–H groups in total. The Bertz CT molecular complexity index is 3370. The molecule has 40 nitrogen and oxygen atoms in total. The van der Waals surface area contributed by atoms with Gasteiger partial charge >= 0.3 is 46.9 Å². The van der Waals surface area contributed by atoms with Gasteiger partial charge in [-0.05, 0) is 189 Å². The van der Waals surface area contributed by atoms with Gasteiger partial charge in [-0.3, -0.25) is 87.8 Å². The normalized spacial score (nSPS) is 15.0. The Morgan fingerprint density at radius 1 is 0.179 bits per heavy atom. The van der Waals surface area contributed by atoms with Crippen molar-refractivity contribution in [2.24, 2.45) is 0 Å². The van der Waals surface area contributed by atoms with Crippen LogP contribution in [0.3, 0.4) is 0 Å². The monoisotopic (exact) mass is 2190 g/mol. The first-order valence-corrected chi connectivity index (χ1v) is 61.2. The van der Waals surface area contributed by atoms with Crippen LogP contribution in [0.2, 0.25) is 0 Å². The van der Waals surface area contributed by atoms with Gasteiger partial charge in [-0.1, -0.05) is 57.8 Å². The van der Waals surface area contributed by atoms with Crippen molar-refractivity contribution in [1.29, 1.82) is 0 Å². The van der Waals surface area contributed by atoms with Crippen molar-refractivity contribution in [3.63, 3.8) is 0 Å². The predicted molar refractivity (Wildman–Crippen MR) is 543 cm³/mol. The Morgan fingerprint density at radius 2 is 0.329 bits per heavy atom. The van der Waals surface area contributed by atoms with E-state index in [0.29, 0.717) is 249 Å². The van der Waals surface area contributed by atoms with E-state index in [1.165, 1.54) is 35.3 Å². The molecule has 49 heteroatoms. The van der Waals surface area contributed by atoms with Crippen LogP contribution in [0, 0.1) is 0 Å². The molecule has 0 aliphatic heterocycles. The molecule has 0 aromatic heterocycles. The summed E-state index contributed by atoms with van der Waals surface area (Å²) < 4.78 is 178. The van der Waals surface area contributed by atoms with Crippen molar-refractivity contribution in [2.45, 2.75) is 351 Å². The minimum atomic E-state index is -4.11. The van der Waals surface area contributed by atoms with Gasteiger partial charge in [0.15, 0.2) is 0 Å². The Morgan fingerprint density at radius 3 is 0.550 bits per heavy atom. The highest BCUT2D eigenvalue weighted by Crippen LogP contribution is 2.51. The number of ketones is 7. The van der Waals surface area contributed by atoms with Crippen LogP contribution in [0.4, 0.5) is 0 Å². The second kappa shape index (κ2) is 83.7. The zero-order chi connectivity index (χ0) is 106. The molecule has 832 valence electrons. The number of Topliss-reactive ketones (excluding diaryl/α,β-unsaturated/α-hetero) is 7. The fourth-order valence-corrected chi connectivity index (χ4v) is 20.5. The average molecular weight is 2200 g/mol. The maximum atomic E-state index is 12.1. The summed E-state index contributed by atoms with van der Waals surface area (Å²) in [6.07, 6.45) is 19.7. The molecule has 0 aromatic carbocycles. The van der Waals surface area contributed by atoms with Gasteiger partial charge in [0.25, 0.3) is 0 Å². The zero-order valence-electron chi connectivity index (χ0n) is 87.4. The van der Waals surface area contributed by atoms with Crippen molar-refractivity contribution in [2.75, 3.05) is 193 Å². The maximum Gasteiger partial charge on any atom is 0.472 e. The van der Waals surface area contributed by atoms with Crippen LogP contribution in [0.1, 0.15) is 317 Å². The van der Waals surface area contributed by atoms with Crippen LogP contribution in [0.5, 0.6) is 0 Å². The van der Waals surface area contributed by atoms with Crippen molar-refractivity contribution in [1.82, 2.24) is 0 Å². The molecule has 0 saturated heterocycles. The van der Waals surface area contributed by atoms with Gasteiger partial charge < -0.3 is 72.0 Å².